The van der Waals surface area contributed by atoms with Gasteiger partial charge in [0.05, 0.1) is 11.0 Å². The maximum atomic E-state index is 15.0. The first-order chi connectivity index (χ1) is 22.8. The highest BCUT2D eigenvalue weighted by atomic mass is 31.2. The van der Waals surface area contributed by atoms with Crippen LogP contribution in [0.2, 0.25) is 11.1 Å². The summed E-state index contributed by atoms with van der Waals surface area (Å²) in [6, 6.07) is 44.9. The molecule has 3 heterocycles. The number of para-hydroxylation sites is 1. The van der Waals surface area contributed by atoms with Crippen LogP contribution >= 0.6 is 7.14 Å². The molecule has 4 nitrogen and oxygen atoms in total. The van der Waals surface area contributed by atoms with Gasteiger partial charge in [0.1, 0.15) is 25.4 Å². The van der Waals surface area contributed by atoms with Crippen molar-refractivity contribution in [2.75, 3.05) is 0 Å². The molecule has 8 rings (SSSR count). The molecule has 0 radical (unpaired) electrons. The molecule has 2 aromatic heterocycles. The minimum absolute atomic E-state index is 0.511. The lowest BCUT2D eigenvalue weighted by atomic mass is 10.1. The molecular weight excluding hydrogens is 612 g/mol. The van der Waals surface area contributed by atoms with Crippen LogP contribution in [0.25, 0.3) is 27.6 Å². The Morgan fingerprint density at radius 3 is 1.91 bits per heavy atom. The third kappa shape index (κ3) is 4.33. The quantitative estimate of drug-likeness (QED) is 0.129. The van der Waals surface area contributed by atoms with Crippen molar-refractivity contribution in [2.45, 2.75) is 38.8 Å². The summed E-state index contributed by atoms with van der Waals surface area (Å²) in [6.45, 7) is 9.59. The molecule has 47 heavy (non-hydrogen) atoms. The zero-order chi connectivity index (χ0) is 32.3. The van der Waals surface area contributed by atoms with Gasteiger partial charge in [-0.2, -0.15) is 0 Å². The summed E-state index contributed by atoms with van der Waals surface area (Å²) in [5, 5.41) is 7.68. The fourth-order valence-corrected chi connectivity index (χ4v) is 16.9. The number of ether oxygens (including phenoxy) is 1. The fourth-order valence-electron chi connectivity index (χ4n) is 8.22. The van der Waals surface area contributed by atoms with Gasteiger partial charge in [-0.1, -0.05) is 125 Å². The van der Waals surface area contributed by atoms with Crippen LogP contribution in [0.3, 0.4) is 0 Å². The molecule has 6 heteroatoms. The van der Waals surface area contributed by atoms with Gasteiger partial charge in [-0.25, -0.2) is 4.98 Å². The SMILES string of the molecule is CC(C)[Si]1(C(C)C)c2cccnc2-n2c3cc(Oc4cccc(P(=O)(c5ccccc5)c5ccccc5)c4)ccc3c3cccc1c32. The van der Waals surface area contributed by atoms with Crippen LogP contribution in [0.5, 0.6) is 11.5 Å². The Hall–Kier alpha value is -4.70. The van der Waals surface area contributed by atoms with Gasteiger partial charge in [-0.3, -0.25) is 4.57 Å². The van der Waals surface area contributed by atoms with Gasteiger partial charge in [0.15, 0.2) is 7.14 Å². The Morgan fingerprint density at radius 1 is 0.617 bits per heavy atom. The maximum Gasteiger partial charge on any atom is 0.171 e. The monoisotopic (exact) mass is 648 g/mol. The van der Waals surface area contributed by atoms with Crippen LogP contribution in [0.4, 0.5) is 0 Å². The fraction of sp³-hybridized carbons (Fsp3) is 0.146. The van der Waals surface area contributed by atoms with Gasteiger partial charge < -0.3 is 9.30 Å². The van der Waals surface area contributed by atoms with Crippen LogP contribution in [-0.4, -0.2) is 17.6 Å². The molecule has 7 aromatic rings. The Morgan fingerprint density at radius 2 is 1.23 bits per heavy atom. The highest BCUT2D eigenvalue weighted by Crippen LogP contribution is 2.44. The minimum atomic E-state index is -3.13. The third-order valence-corrected chi connectivity index (χ3v) is 19.4. The molecule has 0 N–H and O–H groups in total. The van der Waals surface area contributed by atoms with E-state index in [4.69, 9.17) is 9.72 Å². The highest BCUT2D eigenvalue weighted by molar-refractivity contribution is 7.85. The Balaban J connectivity index is 1.28. The van der Waals surface area contributed by atoms with E-state index in [1.165, 1.54) is 26.7 Å². The molecule has 0 unspecified atom stereocenters. The summed E-state index contributed by atoms with van der Waals surface area (Å²) in [5.74, 6) is 2.42. The lowest BCUT2D eigenvalue weighted by molar-refractivity contribution is 0.483. The van der Waals surface area contributed by atoms with Crippen LogP contribution in [0.1, 0.15) is 27.7 Å². The molecule has 0 atom stereocenters. The number of pyridine rings is 1. The molecule has 5 aromatic carbocycles. The molecule has 1 aliphatic heterocycles. The zero-order valence-electron chi connectivity index (χ0n) is 27.1. The summed E-state index contributed by atoms with van der Waals surface area (Å²) in [6.07, 6.45) is 1.92. The number of hydrogen-bond donors (Lipinski definition) is 0. The van der Waals surface area contributed by atoms with Gasteiger partial charge in [0.2, 0.25) is 0 Å². The predicted molar refractivity (Wildman–Crippen MR) is 200 cm³/mol. The van der Waals surface area contributed by atoms with Crippen molar-refractivity contribution >= 4 is 63.3 Å². The topological polar surface area (TPSA) is 44.1 Å². The minimum Gasteiger partial charge on any atom is -0.457 e. The molecule has 1 aliphatic rings. The molecule has 232 valence electrons. The molecule has 0 spiro atoms. The maximum absolute atomic E-state index is 15.0. The van der Waals surface area contributed by atoms with Gasteiger partial charge >= 0.3 is 0 Å². The molecule has 0 saturated carbocycles. The van der Waals surface area contributed by atoms with E-state index in [0.717, 1.165) is 33.0 Å². The van der Waals surface area contributed by atoms with Crippen molar-refractivity contribution in [1.82, 2.24) is 9.55 Å². The van der Waals surface area contributed by atoms with E-state index < -0.39 is 15.2 Å². The van der Waals surface area contributed by atoms with Gasteiger partial charge in [0.25, 0.3) is 0 Å². The lowest BCUT2D eigenvalue weighted by Gasteiger charge is -2.44. The summed E-state index contributed by atoms with van der Waals surface area (Å²) in [4.78, 5) is 5.06. The van der Waals surface area contributed by atoms with Crippen molar-refractivity contribution < 1.29 is 9.30 Å². The number of nitrogens with zero attached hydrogens (tertiary/aromatic N) is 2. The predicted octanol–water partition coefficient (Wildman–Crippen LogP) is 8.31. The van der Waals surface area contributed by atoms with E-state index in [9.17, 15) is 0 Å². The second-order valence-corrected chi connectivity index (χ2v) is 21.0. The highest BCUT2D eigenvalue weighted by Gasteiger charge is 2.49. The number of rotatable bonds is 7. The molecule has 0 aliphatic carbocycles. The van der Waals surface area contributed by atoms with Crippen molar-refractivity contribution in [3.8, 4) is 17.3 Å². The average Bonchev–Trinajstić information content (AvgIpc) is 3.43. The van der Waals surface area contributed by atoms with E-state index in [0.29, 0.717) is 16.8 Å². The summed E-state index contributed by atoms with van der Waals surface area (Å²) in [5.41, 5.74) is 3.39. The van der Waals surface area contributed by atoms with E-state index in [2.05, 4.69) is 74.7 Å². The first-order valence-corrected chi connectivity index (χ1v) is 20.2. The van der Waals surface area contributed by atoms with Crippen LogP contribution in [0.15, 0.2) is 140 Å². The van der Waals surface area contributed by atoms with Crippen molar-refractivity contribution in [1.29, 1.82) is 0 Å². The summed E-state index contributed by atoms with van der Waals surface area (Å²) < 4.78 is 24.0. The first kappa shape index (κ1) is 29.7. The van der Waals surface area contributed by atoms with Gasteiger partial charge in [-0.05, 0) is 51.8 Å². The summed E-state index contributed by atoms with van der Waals surface area (Å²) in [7, 11) is -5.30. The van der Waals surface area contributed by atoms with E-state index >= 15 is 4.57 Å². The average molecular weight is 649 g/mol. The van der Waals surface area contributed by atoms with Crippen LogP contribution < -0.4 is 31.0 Å². The van der Waals surface area contributed by atoms with Crippen LogP contribution in [-0.2, 0) is 4.57 Å². The number of fused-ring (bicyclic) bond motifs is 5. The molecule has 0 amide bonds. The summed E-state index contributed by atoms with van der Waals surface area (Å²) >= 11 is 0. The van der Waals surface area contributed by atoms with E-state index in [1.54, 1.807) is 0 Å². The second kappa shape index (κ2) is 11.2. The zero-order valence-corrected chi connectivity index (χ0v) is 29.0. The first-order valence-electron chi connectivity index (χ1n) is 16.4. The Bertz CT molecular complexity index is 2280. The Kier molecular flexibility index (Phi) is 7.09. The molecule has 0 bridgehead atoms. The third-order valence-electron chi connectivity index (χ3n) is 10.1. The van der Waals surface area contributed by atoms with E-state index in [-0.39, 0.29) is 0 Å². The van der Waals surface area contributed by atoms with E-state index in [1.807, 2.05) is 97.2 Å². The normalized spacial score (nSPS) is 13.7. The standard InChI is InChI=1S/C41H37N2O2PSi/c1-28(2)47(29(3)4)38-21-12-20-36-35-24-23-31(27-37(35)43(40(36)38)41-39(47)22-13-25-42-41)45-30-14-11-19-34(26-30)46(44,32-15-7-5-8-16-32)33-17-9-6-10-18-33/h5-29H,1-4H3. The molecule has 0 fully saturated rings. The van der Waals surface area contributed by atoms with Gasteiger partial charge in [0, 0.05) is 38.9 Å². The second-order valence-electron chi connectivity index (χ2n) is 13.1. The molecular formula is C41H37N2O2PSi. The lowest BCUT2D eigenvalue weighted by Crippen LogP contribution is -2.65. The van der Waals surface area contributed by atoms with Crippen molar-refractivity contribution in [3.05, 3.63) is 140 Å². The number of hydrogen-bond acceptors (Lipinski definition) is 3. The van der Waals surface area contributed by atoms with Gasteiger partial charge in [-0.15, -0.1) is 0 Å². The number of benzene rings is 5. The molecule has 0 saturated heterocycles. The van der Waals surface area contributed by atoms with Crippen LogP contribution in [0, 0.1) is 0 Å². The van der Waals surface area contributed by atoms with Crippen molar-refractivity contribution in [2.24, 2.45) is 0 Å². The number of aromatic nitrogens is 2. The Labute approximate surface area is 277 Å². The smallest absolute Gasteiger partial charge is 0.171 e. The largest absolute Gasteiger partial charge is 0.457 e. The van der Waals surface area contributed by atoms with Crippen molar-refractivity contribution in [3.63, 3.8) is 0 Å².